The molecule has 2 aromatic rings. The predicted molar refractivity (Wildman–Crippen MR) is 75.5 cm³/mol. The van der Waals surface area contributed by atoms with Gasteiger partial charge >= 0.3 is 0 Å². The van der Waals surface area contributed by atoms with Crippen molar-refractivity contribution < 1.29 is 0 Å². The fraction of sp³-hybridized carbons (Fsp3) is 0.353. The molecular formula is C17H19N. The predicted octanol–water partition coefficient (Wildman–Crippen LogP) is 4.26. The summed E-state index contributed by atoms with van der Waals surface area (Å²) in [6.45, 7) is 2.30. The third-order valence-corrected chi connectivity index (χ3v) is 4.04. The number of aryl methyl sites for hydroxylation is 1. The summed E-state index contributed by atoms with van der Waals surface area (Å²) in [5.74, 6) is 0.852. The van der Waals surface area contributed by atoms with Crippen LogP contribution in [0.25, 0.3) is 11.1 Å². The number of benzene rings is 1. The van der Waals surface area contributed by atoms with E-state index in [4.69, 9.17) is 0 Å². The molecule has 1 aromatic heterocycles. The Kier molecular flexibility index (Phi) is 3.14. The van der Waals surface area contributed by atoms with Gasteiger partial charge in [-0.25, -0.2) is 0 Å². The SMILES string of the molecule is CCC1CCc2ncc(-c3ccccc3)cc2C1. The first-order chi connectivity index (χ1) is 8.86. The zero-order valence-corrected chi connectivity index (χ0v) is 10.9. The number of pyridine rings is 1. The molecule has 1 atom stereocenters. The molecule has 1 heterocycles. The van der Waals surface area contributed by atoms with E-state index in [-0.39, 0.29) is 0 Å². The first-order valence-corrected chi connectivity index (χ1v) is 6.90. The van der Waals surface area contributed by atoms with Crippen LogP contribution < -0.4 is 0 Å². The molecular weight excluding hydrogens is 218 g/mol. The van der Waals surface area contributed by atoms with Crippen molar-refractivity contribution in [2.75, 3.05) is 0 Å². The Morgan fingerprint density at radius 2 is 2.00 bits per heavy atom. The van der Waals surface area contributed by atoms with Gasteiger partial charge in [0.1, 0.15) is 0 Å². The van der Waals surface area contributed by atoms with E-state index in [1.807, 2.05) is 6.20 Å². The zero-order chi connectivity index (χ0) is 12.4. The minimum absolute atomic E-state index is 0.852. The molecule has 3 rings (SSSR count). The van der Waals surface area contributed by atoms with E-state index >= 15 is 0 Å². The summed E-state index contributed by atoms with van der Waals surface area (Å²) in [6, 6.07) is 12.9. The Labute approximate surface area is 109 Å². The molecule has 0 radical (unpaired) electrons. The number of aromatic nitrogens is 1. The third kappa shape index (κ3) is 2.17. The van der Waals surface area contributed by atoms with Crippen molar-refractivity contribution in [2.24, 2.45) is 5.92 Å². The largest absolute Gasteiger partial charge is 0.260 e. The van der Waals surface area contributed by atoms with Crippen LogP contribution in [0.15, 0.2) is 42.6 Å². The van der Waals surface area contributed by atoms with Gasteiger partial charge in [0.15, 0.2) is 0 Å². The molecule has 0 fully saturated rings. The lowest BCUT2D eigenvalue weighted by molar-refractivity contribution is 0.440. The van der Waals surface area contributed by atoms with Gasteiger partial charge in [0.25, 0.3) is 0 Å². The lowest BCUT2D eigenvalue weighted by atomic mass is 9.84. The Morgan fingerprint density at radius 1 is 1.17 bits per heavy atom. The van der Waals surface area contributed by atoms with E-state index in [9.17, 15) is 0 Å². The second kappa shape index (κ2) is 4.93. The molecule has 1 unspecified atom stereocenters. The smallest absolute Gasteiger partial charge is 0.0436 e. The summed E-state index contributed by atoms with van der Waals surface area (Å²) in [6.07, 6.45) is 6.99. The molecule has 0 aliphatic heterocycles. The minimum Gasteiger partial charge on any atom is -0.260 e. The maximum absolute atomic E-state index is 4.66. The summed E-state index contributed by atoms with van der Waals surface area (Å²) >= 11 is 0. The second-order valence-corrected chi connectivity index (χ2v) is 5.21. The van der Waals surface area contributed by atoms with Crippen molar-refractivity contribution in [1.82, 2.24) is 4.98 Å². The molecule has 1 nitrogen and oxygen atoms in total. The molecule has 0 bridgehead atoms. The summed E-state index contributed by atoms with van der Waals surface area (Å²) in [4.78, 5) is 4.66. The van der Waals surface area contributed by atoms with Gasteiger partial charge in [0, 0.05) is 17.5 Å². The highest BCUT2D eigenvalue weighted by Gasteiger charge is 2.18. The fourth-order valence-electron chi connectivity index (χ4n) is 2.83. The number of nitrogens with zero attached hydrogens (tertiary/aromatic N) is 1. The topological polar surface area (TPSA) is 12.9 Å². The molecule has 0 amide bonds. The van der Waals surface area contributed by atoms with E-state index in [0.717, 1.165) is 12.3 Å². The Morgan fingerprint density at radius 3 is 2.78 bits per heavy atom. The lowest BCUT2D eigenvalue weighted by Gasteiger charge is -2.23. The fourth-order valence-corrected chi connectivity index (χ4v) is 2.83. The quantitative estimate of drug-likeness (QED) is 0.760. The molecule has 0 saturated carbocycles. The number of rotatable bonds is 2. The normalized spacial score (nSPS) is 18.4. The average Bonchev–Trinajstić information content (AvgIpc) is 2.47. The monoisotopic (exact) mass is 237 g/mol. The maximum atomic E-state index is 4.66. The standard InChI is InChI=1S/C17H19N/c1-2-13-8-9-17-15(10-13)11-16(12-18-17)14-6-4-3-5-7-14/h3-7,11-13H,2,8-10H2,1H3. The van der Waals surface area contributed by atoms with Crippen molar-refractivity contribution in [3.63, 3.8) is 0 Å². The van der Waals surface area contributed by atoms with Gasteiger partial charge in [-0.2, -0.15) is 0 Å². The van der Waals surface area contributed by atoms with Gasteiger partial charge in [-0.15, -0.1) is 0 Å². The summed E-state index contributed by atoms with van der Waals surface area (Å²) in [7, 11) is 0. The van der Waals surface area contributed by atoms with Crippen molar-refractivity contribution in [3.05, 3.63) is 53.9 Å². The summed E-state index contributed by atoms with van der Waals surface area (Å²) < 4.78 is 0. The summed E-state index contributed by atoms with van der Waals surface area (Å²) in [5, 5.41) is 0. The van der Waals surface area contributed by atoms with Crippen LogP contribution in [0.5, 0.6) is 0 Å². The second-order valence-electron chi connectivity index (χ2n) is 5.21. The van der Waals surface area contributed by atoms with Gasteiger partial charge in [0.2, 0.25) is 0 Å². The average molecular weight is 237 g/mol. The van der Waals surface area contributed by atoms with E-state index in [2.05, 4.69) is 48.3 Å². The Hall–Kier alpha value is -1.63. The molecule has 0 saturated heterocycles. The Bertz CT molecular complexity index is 531. The zero-order valence-electron chi connectivity index (χ0n) is 10.9. The molecule has 1 aromatic carbocycles. The highest BCUT2D eigenvalue weighted by Crippen LogP contribution is 2.29. The van der Waals surface area contributed by atoms with Crippen LogP contribution in [0.3, 0.4) is 0 Å². The summed E-state index contributed by atoms with van der Waals surface area (Å²) in [5.41, 5.74) is 5.31. The van der Waals surface area contributed by atoms with Crippen LogP contribution in [0.1, 0.15) is 31.0 Å². The number of hydrogen-bond donors (Lipinski definition) is 0. The van der Waals surface area contributed by atoms with Crippen molar-refractivity contribution in [2.45, 2.75) is 32.6 Å². The first-order valence-electron chi connectivity index (χ1n) is 6.90. The van der Waals surface area contributed by atoms with Crippen LogP contribution in [0, 0.1) is 5.92 Å². The van der Waals surface area contributed by atoms with Crippen molar-refractivity contribution >= 4 is 0 Å². The van der Waals surface area contributed by atoms with Crippen LogP contribution in [0.4, 0.5) is 0 Å². The number of fused-ring (bicyclic) bond motifs is 1. The minimum atomic E-state index is 0.852. The molecule has 1 heteroatoms. The third-order valence-electron chi connectivity index (χ3n) is 4.04. The van der Waals surface area contributed by atoms with Gasteiger partial charge in [0.05, 0.1) is 0 Å². The first kappa shape index (κ1) is 11.5. The highest BCUT2D eigenvalue weighted by molar-refractivity contribution is 5.63. The van der Waals surface area contributed by atoms with Gasteiger partial charge in [-0.3, -0.25) is 4.98 Å². The van der Waals surface area contributed by atoms with Gasteiger partial charge in [-0.1, -0.05) is 43.7 Å². The number of hydrogen-bond acceptors (Lipinski definition) is 1. The van der Waals surface area contributed by atoms with Crippen molar-refractivity contribution in [3.8, 4) is 11.1 Å². The molecule has 18 heavy (non-hydrogen) atoms. The van der Waals surface area contributed by atoms with Crippen LogP contribution >= 0.6 is 0 Å². The van der Waals surface area contributed by atoms with Crippen LogP contribution in [-0.2, 0) is 12.8 Å². The van der Waals surface area contributed by atoms with Crippen LogP contribution in [0.2, 0.25) is 0 Å². The van der Waals surface area contributed by atoms with Gasteiger partial charge in [-0.05, 0) is 42.4 Å². The van der Waals surface area contributed by atoms with Gasteiger partial charge < -0.3 is 0 Å². The molecule has 1 aliphatic rings. The lowest BCUT2D eigenvalue weighted by Crippen LogP contribution is -2.14. The molecule has 92 valence electrons. The molecule has 1 aliphatic carbocycles. The van der Waals surface area contributed by atoms with E-state index in [1.54, 1.807) is 0 Å². The Balaban J connectivity index is 1.96. The molecule has 0 spiro atoms. The van der Waals surface area contributed by atoms with Crippen molar-refractivity contribution in [1.29, 1.82) is 0 Å². The van der Waals surface area contributed by atoms with E-state index in [1.165, 1.54) is 41.6 Å². The van der Waals surface area contributed by atoms with Crippen LogP contribution in [-0.4, -0.2) is 4.98 Å². The van der Waals surface area contributed by atoms with E-state index in [0.29, 0.717) is 0 Å². The maximum Gasteiger partial charge on any atom is 0.0436 e. The molecule has 0 N–H and O–H groups in total. The highest BCUT2D eigenvalue weighted by atomic mass is 14.7. The van der Waals surface area contributed by atoms with E-state index < -0.39 is 0 Å².